The molecular formula is C48H50N8O6. The topological polar surface area (TPSA) is 203 Å². The van der Waals surface area contributed by atoms with E-state index in [9.17, 15) is 19.2 Å². The molecule has 2 aromatic heterocycles. The summed E-state index contributed by atoms with van der Waals surface area (Å²) in [6, 6.07) is 29.4. The molecule has 8 rings (SSSR count). The van der Waals surface area contributed by atoms with Gasteiger partial charge in [0.2, 0.25) is 12.2 Å². The molecule has 6 aromatic rings. The van der Waals surface area contributed by atoms with Gasteiger partial charge in [0, 0.05) is 28.8 Å². The average molecular weight is 835 g/mol. The SMILES string of the molecule is Cc1c(-c2ccc(-c3cnc(C4CC[C@H](C)N4C(=O)[C@H](OC(N)=O)c4ccccc4)[nH]3)cc2)ccc(-c2cnc(C3CC[C@H](C)N3C(=O)[C@H](OC(N)=O)c3ccccc3)[nH]2)c1C. The van der Waals surface area contributed by atoms with Crippen molar-refractivity contribution in [3.8, 4) is 33.6 Å². The summed E-state index contributed by atoms with van der Waals surface area (Å²) >= 11 is 0. The van der Waals surface area contributed by atoms with Crippen molar-refractivity contribution in [2.75, 3.05) is 0 Å². The molecule has 318 valence electrons. The van der Waals surface area contributed by atoms with Crippen molar-refractivity contribution in [1.29, 1.82) is 0 Å². The number of likely N-dealkylation sites (tertiary alicyclic amines) is 2. The van der Waals surface area contributed by atoms with Crippen molar-refractivity contribution in [2.24, 2.45) is 11.5 Å². The highest BCUT2D eigenvalue weighted by Crippen LogP contribution is 2.41. The fourth-order valence-corrected chi connectivity index (χ4v) is 9.08. The minimum atomic E-state index is -1.16. The monoisotopic (exact) mass is 834 g/mol. The number of nitrogens with zero attached hydrogens (tertiary/aromatic N) is 4. The Balaban J connectivity index is 0.984. The molecule has 6 N–H and O–H groups in total. The fraction of sp³-hybridized carbons (Fsp3) is 0.292. The lowest BCUT2D eigenvalue weighted by Gasteiger charge is -2.31. The molecule has 0 spiro atoms. The minimum Gasteiger partial charge on any atom is -0.431 e. The molecule has 14 heteroatoms. The average Bonchev–Trinajstić information content (AvgIpc) is 4.10. The molecule has 62 heavy (non-hydrogen) atoms. The molecule has 0 saturated carbocycles. The van der Waals surface area contributed by atoms with E-state index in [0.717, 1.165) is 57.6 Å². The molecule has 2 unspecified atom stereocenters. The van der Waals surface area contributed by atoms with E-state index < -0.39 is 24.4 Å². The normalized spacial score (nSPS) is 19.5. The van der Waals surface area contributed by atoms with E-state index in [4.69, 9.17) is 30.9 Å². The minimum absolute atomic E-state index is 0.0991. The molecule has 2 aliphatic heterocycles. The van der Waals surface area contributed by atoms with Gasteiger partial charge in [-0.05, 0) is 81.2 Å². The lowest BCUT2D eigenvalue weighted by molar-refractivity contribution is -0.144. The molecule has 2 saturated heterocycles. The highest BCUT2D eigenvalue weighted by molar-refractivity contribution is 5.86. The van der Waals surface area contributed by atoms with E-state index in [-0.39, 0.29) is 36.0 Å². The number of nitrogens with one attached hydrogen (secondary N) is 2. The Morgan fingerprint density at radius 3 is 1.48 bits per heavy atom. The van der Waals surface area contributed by atoms with Gasteiger partial charge in [0.15, 0.2) is 0 Å². The van der Waals surface area contributed by atoms with Crippen molar-refractivity contribution < 1.29 is 28.7 Å². The lowest BCUT2D eigenvalue weighted by atomic mass is 9.92. The summed E-state index contributed by atoms with van der Waals surface area (Å²) in [5.74, 6) is 0.640. The summed E-state index contributed by atoms with van der Waals surface area (Å²) in [4.78, 5) is 71.7. The first kappa shape index (κ1) is 41.5. The van der Waals surface area contributed by atoms with Crippen molar-refractivity contribution >= 4 is 24.0 Å². The third kappa shape index (κ3) is 8.15. The van der Waals surface area contributed by atoms with Crippen LogP contribution in [0.2, 0.25) is 0 Å². The number of primary amides is 2. The van der Waals surface area contributed by atoms with Gasteiger partial charge in [0.25, 0.3) is 11.8 Å². The quantitative estimate of drug-likeness (QED) is 0.0994. The summed E-state index contributed by atoms with van der Waals surface area (Å²) in [5.41, 5.74) is 19.8. The van der Waals surface area contributed by atoms with Crippen LogP contribution in [0.25, 0.3) is 33.6 Å². The Kier molecular flexibility index (Phi) is 11.7. The summed E-state index contributed by atoms with van der Waals surface area (Å²) in [6.45, 7) is 8.17. The fourth-order valence-electron chi connectivity index (χ4n) is 9.08. The number of benzene rings is 4. The number of carbonyl (C=O) groups is 4. The molecule has 0 aliphatic carbocycles. The first-order valence-electron chi connectivity index (χ1n) is 20.9. The Bertz CT molecular complexity index is 2590. The maximum absolute atomic E-state index is 14.0. The van der Waals surface area contributed by atoms with Crippen molar-refractivity contribution in [3.63, 3.8) is 0 Å². The number of nitrogens with two attached hydrogens (primary N) is 2. The second-order valence-corrected chi connectivity index (χ2v) is 16.2. The van der Waals surface area contributed by atoms with Gasteiger partial charge in [0.1, 0.15) is 11.6 Å². The number of amides is 4. The molecular weight excluding hydrogens is 785 g/mol. The van der Waals surface area contributed by atoms with E-state index in [2.05, 4.69) is 60.2 Å². The lowest BCUT2D eigenvalue weighted by Crippen LogP contribution is -2.41. The number of hydrogen-bond acceptors (Lipinski definition) is 8. The van der Waals surface area contributed by atoms with E-state index in [1.807, 2.05) is 32.2 Å². The summed E-state index contributed by atoms with van der Waals surface area (Å²) in [7, 11) is 0. The van der Waals surface area contributed by atoms with Gasteiger partial charge in [0.05, 0.1) is 35.9 Å². The van der Waals surface area contributed by atoms with Crippen LogP contribution >= 0.6 is 0 Å². The zero-order valence-corrected chi connectivity index (χ0v) is 35.1. The largest absolute Gasteiger partial charge is 0.431 e. The van der Waals surface area contributed by atoms with Crippen LogP contribution in [0.4, 0.5) is 9.59 Å². The van der Waals surface area contributed by atoms with Crippen molar-refractivity contribution in [1.82, 2.24) is 29.7 Å². The Hall–Kier alpha value is -7.22. The first-order chi connectivity index (χ1) is 29.9. The standard InChI is InChI=1S/C48H50N8O6/c1-27-15-23-39(55(27)45(57)41(61-47(49)59)33-11-7-5-8-12-33)43-51-25-37(53-43)32-19-17-31(18-20-32)35-21-22-36(30(4)29(35)3)38-26-52-44(54-38)40-24-16-28(2)56(40)46(58)42(62-48(50)60)34-13-9-6-10-14-34/h5-14,17-22,25-28,39-42H,15-16,23-24H2,1-4H3,(H2,49,59)(H2,50,60)(H,51,53)(H,52,54)/t27-,28-,39?,40?,41+,42+/m0/s1. The second kappa shape index (κ2) is 17.4. The van der Waals surface area contributed by atoms with Gasteiger partial charge in [-0.3, -0.25) is 9.59 Å². The van der Waals surface area contributed by atoms with Crippen LogP contribution in [0.3, 0.4) is 0 Å². The Morgan fingerprint density at radius 1 is 0.581 bits per heavy atom. The molecule has 6 atom stereocenters. The van der Waals surface area contributed by atoms with Crippen LogP contribution < -0.4 is 11.5 Å². The third-order valence-corrected chi connectivity index (χ3v) is 12.4. The van der Waals surface area contributed by atoms with E-state index in [1.165, 1.54) is 0 Å². The van der Waals surface area contributed by atoms with Crippen LogP contribution in [0.15, 0.2) is 109 Å². The number of imidazole rings is 2. The molecule has 14 nitrogen and oxygen atoms in total. The van der Waals surface area contributed by atoms with E-state index in [0.29, 0.717) is 35.6 Å². The molecule has 4 aromatic carbocycles. The number of aromatic nitrogens is 4. The zero-order chi connectivity index (χ0) is 43.7. The number of H-pyrrole nitrogens is 2. The smallest absolute Gasteiger partial charge is 0.405 e. The molecule has 0 radical (unpaired) electrons. The molecule has 0 bridgehead atoms. The predicted molar refractivity (Wildman–Crippen MR) is 233 cm³/mol. The van der Waals surface area contributed by atoms with Gasteiger partial charge in [-0.2, -0.15) is 0 Å². The van der Waals surface area contributed by atoms with E-state index >= 15 is 0 Å². The molecule has 4 heterocycles. The number of carbonyl (C=O) groups excluding carboxylic acids is 4. The highest BCUT2D eigenvalue weighted by atomic mass is 16.6. The van der Waals surface area contributed by atoms with Crippen molar-refractivity contribution in [2.45, 2.75) is 89.8 Å². The maximum Gasteiger partial charge on any atom is 0.405 e. The number of rotatable bonds is 11. The van der Waals surface area contributed by atoms with E-state index in [1.54, 1.807) is 64.5 Å². The Morgan fingerprint density at radius 2 is 1.00 bits per heavy atom. The maximum atomic E-state index is 14.0. The predicted octanol–water partition coefficient (Wildman–Crippen LogP) is 8.53. The first-order valence-corrected chi connectivity index (χ1v) is 20.9. The number of hydrogen-bond donors (Lipinski definition) is 4. The molecule has 4 amide bonds. The molecule has 2 aliphatic rings. The summed E-state index contributed by atoms with van der Waals surface area (Å²) in [6.07, 6.45) is 2.17. The van der Waals surface area contributed by atoms with Gasteiger partial charge < -0.3 is 40.7 Å². The third-order valence-electron chi connectivity index (χ3n) is 12.4. The zero-order valence-electron chi connectivity index (χ0n) is 35.1. The van der Waals surface area contributed by atoms with Gasteiger partial charge in [-0.15, -0.1) is 0 Å². The van der Waals surface area contributed by atoms with Gasteiger partial charge in [-0.25, -0.2) is 19.6 Å². The van der Waals surface area contributed by atoms with Gasteiger partial charge >= 0.3 is 12.2 Å². The second-order valence-electron chi connectivity index (χ2n) is 16.2. The van der Waals surface area contributed by atoms with Gasteiger partial charge in [-0.1, -0.05) is 97.1 Å². The van der Waals surface area contributed by atoms with Crippen LogP contribution in [0.5, 0.6) is 0 Å². The Labute approximate surface area is 359 Å². The van der Waals surface area contributed by atoms with Crippen LogP contribution in [0.1, 0.15) is 97.7 Å². The van der Waals surface area contributed by atoms with Crippen LogP contribution in [0, 0.1) is 13.8 Å². The highest BCUT2D eigenvalue weighted by Gasteiger charge is 2.43. The summed E-state index contributed by atoms with van der Waals surface area (Å²) in [5, 5.41) is 0. The number of aromatic amines is 2. The summed E-state index contributed by atoms with van der Waals surface area (Å²) < 4.78 is 10.7. The number of ether oxygens (including phenoxy) is 2. The van der Waals surface area contributed by atoms with Crippen molar-refractivity contribution in [3.05, 3.63) is 143 Å². The van der Waals surface area contributed by atoms with Crippen LogP contribution in [-0.4, -0.2) is 65.8 Å². The molecule has 2 fully saturated rings. The van der Waals surface area contributed by atoms with Crippen LogP contribution in [-0.2, 0) is 19.1 Å².